The lowest BCUT2D eigenvalue weighted by Gasteiger charge is -2.37. The van der Waals surface area contributed by atoms with Gasteiger partial charge in [0.25, 0.3) is 5.91 Å². The van der Waals surface area contributed by atoms with Crippen molar-refractivity contribution in [3.05, 3.63) is 87.4 Å². The van der Waals surface area contributed by atoms with E-state index in [1.165, 1.54) is 17.0 Å². The van der Waals surface area contributed by atoms with Crippen LogP contribution in [0.4, 0.5) is 4.39 Å². The molecule has 190 valence electrons. The van der Waals surface area contributed by atoms with Gasteiger partial charge in [0.1, 0.15) is 24.7 Å². The molecule has 1 aliphatic rings. The molecule has 1 atom stereocenters. The minimum absolute atomic E-state index is 0.0244. The van der Waals surface area contributed by atoms with Crippen LogP contribution in [0.15, 0.2) is 60.0 Å². The van der Waals surface area contributed by atoms with Crippen LogP contribution in [0.3, 0.4) is 0 Å². The monoisotopic (exact) mass is 510 g/mol. The first kappa shape index (κ1) is 25.9. The molecule has 8 heteroatoms. The number of carbonyl (C=O) groups excluding carboxylic acids is 2. The molecular formula is C28H31FN2O4S. The molecule has 1 unspecified atom stereocenters. The first-order valence-corrected chi connectivity index (χ1v) is 12.9. The number of amides is 2. The average molecular weight is 511 g/mol. The number of aryl methyl sites for hydroxylation is 1. The van der Waals surface area contributed by atoms with E-state index < -0.39 is 0 Å². The number of nitrogens with zero attached hydrogens (tertiary/aromatic N) is 2. The molecule has 1 aliphatic heterocycles. The molecule has 2 heterocycles. The highest BCUT2D eigenvalue weighted by atomic mass is 32.1. The number of rotatable bonds is 10. The molecule has 0 N–H and O–H groups in total. The van der Waals surface area contributed by atoms with Crippen LogP contribution < -0.4 is 4.74 Å². The molecule has 1 aromatic heterocycles. The summed E-state index contributed by atoms with van der Waals surface area (Å²) in [5, 5.41) is 2.03. The van der Waals surface area contributed by atoms with E-state index in [0.29, 0.717) is 37.4 Å². The zero-order valence-electron chi connectivity index (χ0n) is 20.6. The van der Waals surface area contributed by atoms with Gasteiger partial charge in [-0.05, 0) is 72.7 Å². The summed E-state index contributed by atoms with van der Waals surface area (Å²) in [6.45, 7) is 3.59. The summed E-state index contributed by atoms with van der Waals surface area (Å²) in [6, 6.07) is 15.0. The third-order valence-electron chi connectivity index (χ3n) is 6.40. The van der Waals surface area contributed by atoms with Crippen molar-refractivity contribution in [1.29, 1.82) is 0 Å². The maximum absolute atomic E-state index is 13.7. The lowest BCUT2D eigenvalue weighted by molar-refractivity contribution is -0.135. The Labute approximate surface area is 215 Å². The number of hydrogen-bond acceptors (Lipinski definition) is 5. The van der Waals surface area contributed by atoms with Crippen molar-refractivity contribution in [2.75, 3.05) is 40.0 Å². The first-order chi connectivity index (χ1) is 17.5. The Hall–Kier alpha value is -3.23. The molecule has 0 aliphatic carbocycles. The fourth-order valence-electron chi connectivity index (χ4n) is 4.47. The van der Waals surface area contributed by atoms with Crippen LogP contribution in [0.5, 0.6) is 5.75 Å². The van der Waals surface area contributed by atoms with Crippen molar-refractivity contribution in [1.82, 2.24) is 9.80 Å². The minimum atomic E-state index is -0.330. The Morgan fingerprint density at radius 3 is 2.67 bits per heavy atom. The second-order valence-electron chi connectivity index (χ2n) is 8.80. The summed E-state index contributed by atoms with van der Waals surface area (Å²) in [4.78, 5) is 31.7. The molecule has 0 fully saturated rings. The van der Waals surface area contributed by atoms with Crippen molar-refractivity contribution < 1.29 is 23.5 Å². The molecule has 0 spiro atoms. The number of fused-ring (bicyclic) bond motifs is 1. The summed E-state index contributed by atoms with van der Waals surface area (Å²) >= 11 is 1.68. The topological polar surface area (TPSA) is 59.1 Å². The van der Waals surface area contributed by atoms with Gasteiger partial charge in [-0.3, -0.25) is 9.59 Å². The third-order valence-corrected chi connectivity index (χ3v) is 7.40. The lowest BCUT2D eigenvalue weighted by atomic mass is 10.00. The summed E-state index contributed by atoms with van der Waals surface area (Å²) < 4.78 is 24.5. The molecular weight excluding hydrogens is 479 g/mol. The van der Waals surface area contributed by atoms with Gasteiger partial charge in [-0.25, -0.2) is 4.39 Å². The number of ether oxygens (including phenoxy) is 2. The van der Waals surface area contributed by atoms with Crippen molar-refractivity contribution in [2.45, 2.75) is 25.8 Å². The van der Waals surface area contributed by atoms with E-state index in [-0.39, 0.29) is 36.8 Å². The number of hydrogen-bond donors (Lipinski definition) is 0. The molecule has 4 rings (SSSR count). The van der Waals surface area contributed by atoms with Crippen LogP contribution in [0.25, 0.3) is 0 Å². The first-order valence-electron chi connectivity index (χ1n) is 12.1. The smallest absolute Gasteiger partial charge is 0.254 e. The van der Waals surface area contributed by atoms with Gasteiger partial charge in [0.2, 0.25) is 5.91 Å². The highest BCUT2D eigenvalue weighted by molar-refractivity contribution is 7.10. The van der Waals surface area contributed by atoms with Crippen LogP contribution in [-0.2, 0) is 16.0 Å². The van der Waals surface area contributed by atoms with Crippen molar-refractivity contribution in [2.24, 2.45) is 0 Å². The van der Waals surface area contributed by atoms with E-state index in [0.717, 1.165) is 17.5 Å². The SMILES string of the molecule is COCCCN(CC(=O)N1CCc2sccc2C1COc1ccc(F)cc1)C(=O)c1ccccc1C. The summed E-state index contributed by atoms with van der Waals surface area (Å²) in [5.41, 5.74) is 2.54. The van der Waals surface area contributed by atoms with Gasteiger partial charge in [0.15, 0.2) is 0 Å². The van der Waals surface area contributed by atoms with Gasteiger partial charge >= 0.3 is 0 Å². The molecule has 36 heavy (non-hydrogen) atoms. The van der Waals surface area contributed by atoms with Crippen LogP contribution in [0, 0.1) is 12.7 Å². The Kier molecular flexibility index (Phi) is 8.72. The van der Waals surface area contributed by atoms with Gasteiger partial charge in [0.05, 0.1) is 6.04 Å². The zero-order chi connectivity index (χ0) is 25.5. The van der Waals surface area contributed by atoms with Crippen molar-refractivity contribution in [3.63, 3.8) is 0 Å². The second kappa shape index (κ2) is 12.1. The standard InChI is InChI=1S/C28H31FN2O4S/c1-20-6-3-4-7-23(20)28(33)30(14-5-16-34-2)18-27(32)31-15-12-26-24(13-17-36-26)25(31)19-35-22-10-8-21(29)9-11-22/h3-4,6-11,13,17,25H,5,12,14-16,18-19H2,1-2H3. The highest BCUT2D eigenvalue weighted by Crippen LogP contribution is 2.34. The fourth-order valence-corrected chi connectivity index (χ4v) is 5.40. The number of halogens is 1. The zero-order valence-corrected chi connectivity index (χ0v) is 21.4. The van der Waals surface area contributed by atoms with Crippen LogP contribution in [-0.4, -0.2) is 61.6 Å². The molecule has 0 bridgehead atoms. The van der Waals surface area contributed by atoms with E-state index in [4.69, 9.17) is 9.47 Å². The predicted molar refractivity (Wildman–Crippen MR) is 138 cm³/mol. The van der Waals surface area contributed by atoms with Gasteiger partial charge in [-0.1, -0.05) is 18.2 Å². The van der Waals surface area contributed by atoms with Gasteiger partial charge in [0, 0.05) is 37.2 Å². The molecule has 6 nitrogen and oxygen atoms in total. The van der Waals surface area contributed by atoms with Gasteiger partial charge < -0.3 is 19.3 Å². The lowest BCUT2D eigenvalue weighted by Crippen LogP contribution is -2.48. The van der Waals surface area contributed by atoms with Crippen LogP contribution in [0.2, 0.25) is 0 Å². The molecule has 2 aromatic carbocycles. The number of methoxy groups -OCH3 is 1. The number of thiophene rings is 1. The highest BCUT2D eigenvalue weighted by Gasteiger charge is 2.33. The van der Waals surface area contributed by atoms with Crippen molar-refractivity contribution in [3.8, 4) is 5.75 Å². The largest absolute Gasteiger partial charge is 0.491 e. The Bertz CT molecular complexity index is 1180. The van der Waals surface area contributed by atoms with E-state index in [1.54, 1.807) is 41.5 Å². The van der Waals surface area contributed by atoms with E-state index in [1.807, 2.05) is 41.5 Å². The van der Waals surface area contributed by atoms with Gasteiger partial charge in [-0.2, -0.15) is 0 Å². The van der Waals surface area contributed by atoms with Crippen LogP contribution in [0.1, 0.15) is 38.8 Å². The van der Waals surface area contributed by atoms with E-state index in [2.05, 4.69) is 0 Å². The number of benzene rings is 2. The molecule has 0 saturated heterocycles. The number of carbonyl (C=O) groups is 2. The Morgan fingerprint density at radius 1 is 1.14 bits per heavy atom. The van der Waals surface area contributed by atoms with Crippen molar-refractivity contribution >= 4 is 23.2 Å². The maximum atomic E-state index is 13.7. The normalized spacial score (nSPS) is 14.9. The predicted octanol–water partition coefficient (Wildman–Crippen LogP) is 4.88. The summed E-state index contributed by atoms with van der Waals surface area (Å²) in [6.07, 6.45) is 1.40. The average Bonchev–Trinajstić information content (AvgIpc) is 3.37. The van der Waals surface area contributed by atoms with E-state index in [9.17, 15) is 14.0 Å². The fraction of sp³-hybridized carbons (Fsp3) is 0.357. The van der Waals surface area contributed by atoms with E-state index >= 15 is 0 Å². The minimum Gasteiger partial charge on any atom is -0.491 e. The quantitative estimate of drug-likeness (QED) is 0.365. The molecule has 2 amide bonds. The molecule has 0 radical (unpaired) electrons. The van der Waals surface area contributed by atoms with Gasteiger partial charge in [-0.15, -0.1) is 11.3 Å². The van der Waals surface area contributed by atoms with Crippen LogP contribution >= 0.6 is 11.3 Å². The Morgan fingerprint density at radius 2 is 1.92 bits per heavy atom. The second-order valence-corrected chi connectivity index (χ2v) is 9.81. The summed E-state index contributed by atoms with van der Waals surface area (Å²) in [7, 11) is 1.62. The third kappa shape index (κ3) is 6.12. The molecule has 3 aromatic rings. The maximum Gasteiger partial charge on any atom is 0.254 e. The summed E-state index contributed by atoms with van der Waals surface area (Å²) in [5.74, 6) is -0.0743. The Balaban J connectivity index is 1.52. The molecule has 0 saturated carbocycles.